The summed E-state index contributed by atoms with van der Waals surface area (Å²) in [5, 5.41) is 9.99. The molecule has 0 saturated heterocycles. The van der Waals surface area contributed by atoms with Crippen molar-refractivity contribution < 1.29 is 18.6 Å². The molecule has 3 nitrogen and oxygen atoms in total. The van der Waals surface area contributed by atoms with E-state index in [0.29, 0.717) is 18.7 Å². The summed E-state index contributed by atoms with van der Waals surface area (Å²) in [5.74, 6) is 1.16. The molecule has 2 atom stereocenters. The number of hydrogen-bond donors (Lipinski definition) is 1. The van der Waals surface area contributed by atoms with Crippen LogP contribution in [0.3, 0.4) is 0 Å². The van der Waals surface area contributed by atoms with E-state index in [-0.39, 0.29) is 19.3 Å². The molecule has 1 aromatic rings. The van der Waals surface area contributed by atoms with Crippen LogP contribution in [0.1, 0.15) is 25.8 Å². The maximum atomic E-state index is 13.8. The minimum absolute atomic E-state index is 0.128. The number of ether oxygens (including phenoxy) is 1. The van der Waals surface area contributed by atoms with E-state index < -0.39 is 17.7 Å². The number of rotatable bonds is 9. The fraction of sp³-hybridized carbons (Fsp3) is 0.529. The zero-order valence-electron chi connectivity index (χ0n) is 13.1. The van der Waals surface area contributed by atoms with Crippen LogP contribution in [0.5, 0.6) is 0 Å². The van der Waals surface area contributed by atoms with Gasteiger partial charge in [-0.1, -0.05) is 18.9 Å². The zero-order chi connectivity index (χ0) is 16.5. The lowest BCUT2D eigenvalue weighted by molar-refractivity contribution is 0.0167. The standard InChI is InChI=1S/C17H23F2NO2/c1-4-8-22-12-16(21)11-20(13(3)5-2)10-14-6-7-15(18)9-17(14)19/h1,6-7,9,13,16,21H,5,8,10-12H2,2-3H3/t13-,16-/m0/s1. The Morgan fingerprint density at radius 3 is 2.73 bits per heavy atom. The third-order valence-corrected chi connectivity index (χ3v) is 3.54. The molecule has 0 aliphatic rings. The molecule has 1 aromatic carbocycles. The van der Waals surface area contributed by atoms with Crippen LogP contribution in [0.4, 0.5) is 8.78 Å². The normalized spacial score (nSPS) is 13.9. The van der Waals surface area contributed by atoms with Gasteiger partial charge in [0.2, 0.25) is 0 Å². The van der Waals surface area contributed by atoms with Crippen molar-refractivity contribution >= 4 is 0 Å². The van der Waals surface area contributed by atoms with E-state index in [0.717, 1.165) is 12.5 Å². The molecule has 0 aromatic heterocycles. The Hall–Kier alpha value is -1.48. The first-order valence-corrected chi connectivity index (χ1v) is 7.35. The number of terminal acetylenes is 1. The van der Waals surface area contributed by atoms with Gasteiger partial charge in [0, 0.05) is 30.8 Å². The second-order valence-corrected chi connectivity index (χ2v) is 5.30. The first kappa shape index (κ1) is 18.6. The highest BCUT2D eigenvalue weighted by atomic mass is 19.1. The lowest BCUT2D eigenvalue weighted by atomic mass is 10.1. The van der Waals surface area contributed by atoms with Gasteiger partial charge in [-0.3, -0.25) is 4.90 Å². The average molecular weight is 311 g/mol. The second kappa shape index (κ2) is 9.52. The van der Waals surface area contributed by atoms with Gasteiger partial charge in [0.15, 0.2) is 0 Å². The van der Waals surface area contributed by atoms with Crippen molar-refractivity contribution in [3.63, 3.8) is 0 Å². The lowest BCUT2D eigenvalue weighted by Crippen LogP contribution is -2.40. The van der Waals surface area contributed by atoms with E-state index in [1.165, 1.54) is 12.1 Å². The van der Waals surface area contributed by atoms with E-state index in [4.69, 9.17) is 11.2 Å². The molecule has 0 aliphatic heterocycles. The van der Waals surface area contributed by atoms with Crippen LogP contribution in [0.2, 0.25) is 0 Å². The molecule has 0 bridgehead atoms. The number of aliphatic hydroxyl groups is 1. The third-order valence-electron chi connectivity index (χ3n) is 3.54. The van der Waals surface area contributed by atoms with Gasteiger partial charge >= 0.3 is 0 Å². The summed E-state index contributed by atoms with van der Waals surface area (Å²) in [6.45, 7) is 4.91. The maximum absolute atomic E-state index is 13.8. The second-order valence-electron chi connectivity index (χ2n) is 5.30. The van der Waals surface area contributed by atoms with Crippen LogP contribution in [-0.2, 0) is 11.3 Å². The van der Waals surface area contributed by atoms with Gasteiger partial charge in [-0.2, -0.15) is 0 Å². The van der Waals surface area contributed by atoms with Gasteiger partial charge in [-0.15, -0.1) is 6.42 Å². The Labute approximate surface area is 130 Å². The van der Waals surface area contributed by atoms with E-state index >= 15 is 0 Å². The summed E-state index contributed by atoms with van der Waals surface area (Å²) >= 11 is 0. The van der Waals surface area contributed by atoms with Crippen LogP contribution in [-0.4, -0.2) is 41.9 Å². The highest BCUT2D eigenvalue weighted by Gasteiger charge is 2.18. The van der Waals surface area contributed by atoms with E-state index in [1.807, 2.05) is 18.7 Å². The number of benzene rings is 1. The number of hydrogen-bond acceptors (Lipinski definition) is 3. The van der Waals surface area contributed by atoms with E-state index in [2.05, 4.69) is 5.92 Å². The van der Waals surface area contributed by atoms with Crippen molar-refractivity contribution in [3.05, 3.63) is 35.4 Å². The van der Waals surface area contributed by atoms with Crippen molar-refractivity contribution in [2.24, 2.45) is 0 Å². The Morgan fingerprint density at radius 2 is 2.14 bits per heavy atom. The van der Waals surface area contributed by atoms with Gasteiger partial charge in [0.1, 0.15) is 18.2 Å². The smallest absolute Gasteiger partial charge is 0.130 e. The third kappa shape index (κ3) is 6.10. The summed E-state index contributed by atoms with van der Waals surface area (Å²) in [5.41, 5.74) is 0.401. The molecule has 1 N–H and O–H groups in total. The molecule has 0 amide bonds. The van der Waals surface area contributed by atoms with Crippen molar-refractivity contribution in [2.45, 2.75) is 39.0 Å². The summed E-state index contributed by atoms with van der Waals surface area (Å²) in [6, 6.07) is 3.68. The highest BCUT2D eigenvalue weighted by Crippen LogP contribution is 2.15. The molecular weight excluding hydrogens is 288 g/mol. The lowest BCUT2D eigenvalue weighted by Gasteiger charge is -2.30. The molecule has 0 spiro atoms. The number of aliphatic hydroxyl groups excluding tert-OH is 1. The van der Waals surface area contributed by atoms with Crippen molar-refractivity contribution in [3.8, 4) is 12.3 Å². The zero-order valence-corrected chi connectivity index (χ0v) is 13.1. The summed E-state index contributed by atoms with van der Waals surface area (Å²) in [7, 11) is 0. The predicted octanol–water partition coefficient (Wildman–Crippen LogP) is 2.58. The van der Waals surface area contributed by atoms with Crippen molar-refractivity contribution in [1.82, 2.24) is 4.90 Å². The molecule has 1 rings (SSSR count). The van der Waals surface area contributed by atoms with Crippen molar-refractivity contribution in [1.29, 1.82) is 0 Å². The fourth-order valence-electron chi connectivity index (χ4n) is 2.10. The average Bonchev–Trinajstić information content (AvgIpc) is 2.48. The van der Waals surface area contributed by atoms with Crippen LogP contribution < -0.4 is 0 Å². The molecule has 0 aliphatic carbocycles. The predicted molar refractivity (Wildman–Crippen MR) is 82.2 cm³/mol. The molecular formula is C17H23F2NO2. The van der Waals surface area contributed by atoms with Gasteiger partial charge in [-0.05, 0) is 19.4 Å². The van der Waals surface area contributed by atoms with E-state index in [1.54, 1.807) is 0 Å². The SMILES string of the molecule is C#CCOC[C@@H](O)CN(Cc1ccc(F)cc1F)[C@@H](C)CC. The molecule has 0 radical (unpaired) electrons. The van der Waals surface area contributed by atoms with Gasteiger partial charge in [0.05, 0.1) is 12.7 Å². The first-order chi connectivity index (χ1) is 10.5. The van der Waals surface area contributed by atoms with Crippen molar-refractivity contribution in [2.75, 3.05) is 19.8 Å². The number of halogens is 2. The minimum atomic E-state index is -0.717. The van der Waals surface area contributed by atoms with Gasteiger partial charge < -0.3 is 9.84 Å². The fourth-order valence-corrected chi connectivity index (χ4v) is 2.10. The van der Waals surface area contributed by atoms with Gasteiger partial charge in [0.25, 0.3) is 0 Å². The highest BCUT2D eigenvalue weighted by molar-refractivity contribution is 5.18. The van der Waals surface area contributed by atoms with Crippen LogP contribution in [0, 0.1) is 24.0 Å². The molecule has 5 heteroatoms. The Bertz CT molecular complexity index is 502. The maximum Gasteiger partial charge on any atom is 0.130 e. The van der Waals surface area contributed by atoms with Crippen LogP contribution >= 0.6 is 0 Å². The molecule has 122 valence electrons. The topological polar surface area (TPSA) is 32.7 Å². The van der Waals surface area contributed by atoms with E-state index in [9.17, 15) is 13.9 Å². The minimum Gasteiger partial charge on any atom is -0.389 e. The largest absolute Gasteiger partial charge is 0.389 e. The molecule has 0 saturated carbocycles. The summed E-state index contributed by atoms with van der Waals surface area (Å²) < 4.78 is 31.9. The monoisotopic (exact) mass is 311 g/mol. The molecule has 0 fully saturated rings. The Balaban J connectivity index is 2.70. The Kier molecular flexibility index (Phi) is 8.03. The van der Waals surface area contributed by atoms with Crippen LogP contribution in [0.25, 0.3) is 0 Å². The van der Waals surface area contributed by atoms with Crippen LogP contribution in [0.15, 0.2) is 18.2 Å². The molecule has 0 unspecified atom stereocenters. The summed E-state index contributed by atoms with van der Waals surface area (Å²) in [4.78, 5) is 1.94. The first-order valence-electron chi connectivity index (χ1n) is 7.35. The Morgan fingerprint density at radius 1 is 1.41 bits per heavy atom. The molecule has 0 heterocycles. The quantitative estimate of drug-likeness (QED) is 0.562. The molecule has 22 heavy (non-hydrogen) atoms. The van der Waals surface area contributed by atoms with Gasteiger partial charge in [-0.25, -0.2) is 8.78 Å². The summed E-state index contributed by atoms with van der Waals surface area (Å²) in [6.07, 6.45) is 5.21. The number of nitrogens with zero attached hydrogens (tertiary/aromatic N) is 1.